The molecule has 1 N–H and O–H groups in total. The Balaban J connectivity index is 1.78. The molecule has 106 valence electrons. The predicted octanol–water partition coefficient (Wildman–Crippen LogP) is 1.89. The summed E-state index contributed by atoms with van der Waals surface area (Å²) in [6.45, 7) is 2.18. The van der Waals surface area contributed by atoms with Gasteiger partial charge in [0.1, 0.15) is 4.21 Å². The van der Waals surface area contributed by atoms with Crippen molar-refractivity contribution in [3.8, 4) is 0 Å². The second-order valence-electron chi connectivity index (χ2n) is 5.58. The van der Waals surface area contributed by atoms with E-state index in [2.05, 4.69) is 5.32 Å². The molecule has 0 aromatic carbocycles. The highest BCUT2D eigenvalue weighted by molar-refractivity contribution is 7.91. The molecule has 19 heavy (non-hydrogen) atoms. The Hall–Kier alpha value is -0.430. The van der Waals surface area contributed by atoms with Crippen LogP contribution < -0.4 is 5.32 Å². The maximum Gasteiger partial charge on any atom is 0.252 e. The van der Waals surface area contributed by atoms with Crippen LogP contribution in [0.5, 0.6) is 0 Å². The molecule has 2 unspecified atom stereocenters. The summed E-state index contributed by atoms with van der Waals surface area (Å²) in [6.07, 6.45) is 3.67. The van der Waals surface area contributed by atoms with E-state index in [0.717, 1.165) is 25.2 Å². The first kappa shape index (κ1) is 13.5. The van der Waals surface area contributed by atoms with Crippen LogP contribution >= 0.6 is 11.3 Å². The van der Waals surface area contributed by atoms with Gasteiger partial charge in [-0.15, -0.1) is 11.3 Å². The van der Waals surface area contributed by atoms with Gasteiger partial charge < -0.3 is 5.32 Å². The van der Waals surface area contributed by atoms with Gasteiger partial charge in [-0.2, -0.15) is 4.31 Å². The predicted molar refractivity (Wildman–Crippen MR) is 76.7 cm³/mol. The van der Waals surface area contributed by atoms with E-state index in [1.165, 1.54) is 30.6 Å². The van der Waals surface area contributed by atoms with Gasteiger partial charge in [0.05, 0.1) is 0 Å². The molecular weight excluding hydrogens is 280 g/mol. The molecule has 4 nitrogen and oxygen atoms in total. The summed E-state index contributed by atoms with van der Waals surface area (Å²) in [5, 5.41) is 4.98. The Morgan fingerprint density at radius 2 is 2.05 bits per heavy atom. The standard InChI is InChI=1S/C13H20N2O2S2/c1-14-6-10-5-13(18-9-10)19(16,17)15-7-11-3-2-4-12(11)8-15/h5,9,11-12,14H,2-4,6-8H2,1H3. The number of thiophene rings is 1. The van der Waals surface area contributed by atoms with E-state index < -0.39 is 10.0 Å². The molecule has 1 aromatic heterocycles. The van der Waals surface area contributed by atoms with E-state index >= 15 is 0 Å². The number of hydrogen-bond acceptors (Lipinski definition) is 4. The maximum atomic E-state index is 12.6. The molecule has 0 spiro atoms. The van der Waals surface area contributed by atoms with Crippen LogP contribution in [0.4, 0.5) is 0 Å². The largest absolute Gasteiger partial charge is 0.316 e. The summed E-state index contributed by atoms with van der Waals surface area (Å²) < 4.78 is 27.4. The van der Waals surface area contributed by atoms with Crippen LogP contribution in [0, 0.1) is 11.8 Å². The lowest BCUT2D eigenvalue weighted by molar-refractivity contribution is 0.447. The minimum Gasteiger partial charge on any atom is -0.316 e. The zero-order chi connectivity index (χ0) is 13.5. The maximum absolute atomic E-state index is 12.6. The highest BCUT2D eigenvalue weighted by Crippen LogP contribution is 2.40. The highest BCUT2D eigenvalue weighted by Gasteiger charge is 2.41. The third-order valence-electron chi connectivity index (χ3n) is 4.30. The van der Waals surface area contributed by atoms with Crippen LogP contribution in [-0.2, 0) is 16.6 Å². The van der Waals surface area contributed by atoms with E-state index in [9.17, 15) is 8.42 Å². The normalized spacial score (nSPS) is 27.8. The summed E-state index contributed by atoms with van der Waals surface area (Å²) in [5.41, 5.74) is 1.05. The number of sulfonamides is 1. The molecule has 1 aliphatic heterocycles. The summed E-state index contributed by atoms with van der Waals surface area (Å²) in [5.74, 6) is 1.21. The summed E-state index contributed by atoms with van der Waals surface area (Å²) in [6, 6.07) is 1.81. The van der Waals surface area contributed by atoms with Gasteiger partial charge in [-0.3, -0.25) is 0 Å². The number of nitrogens with one attached hydrogen (secondary N) is 1. The van der Waals surface area contributed by atoms with Crippen LogP contribution in [0.15, 0.2) is 15.7 Å². The third kappa shape index (κ3) is 2.46. The zero-order valence-electron chi connectivity index (χ0n) is 11.1. The minimum absolute atomic E-state index is 0.498. The number of fused-ring (bicyclic) bond motifs is 1. The van der Waals surface area contributed by atoms with Gasteiger partial charge >= 0.3 is 0 Å². The number of nitrogens with zero attached hydrogens (tertiary/aromatic N) is 1. The summed E-state index contributed by atoms with van der Waals surface area (Å²) in [7, 11) is -1.39. The molecule has 1 saturated carbocycles. The van der Waals surface area contributed by atoms with Crippen molar-refractivity contribution in [2.75, 3.05) is 20.1 Å². The van der Waals surface area contributed by atoms with Gasteiger partial charge in [-0.25, -0.2) is 8.42 Å². The first-order valence-corrected chi connectivity index (χ1v) is 9.15. The van der Waals surface area contributed by atoms with Crippen LogP contribution in [0.1, 0.15) is 24.8 Å². The molecular formula is C13H20N2O2S2. The van der Waals surface area contributed by atoms with Crippen molar-refractivity contribution >= 4 is 21.4 Å². The Morgan fingerprint density at radius 3 is 2.68 bits per heavy atom. The Labute approximate surface area is 118 Å². The number of hydrogen-bond donors (Lipinski definition) is 1. The molecule has 1 aromatic rings. The van der Waals surface area contributed by atoms with E-state index in [1.807, 2.05) is 18.5 Å². The fourth-order valence-electron chi connectivity index (χ4n) is 3.30. The SMILES string of the molecule is CNCc1csc(S(=O)(=O)N2CC3CCCC3C2)c1. The topological polar surface area (TPSA) is 49.4 Å². The average Bonchev–Trinajstić information content (AvgIpc) is 3.03. The third-order valence-corrected chi connectivity index (χ3v) is 7.59. The lowest BCUT2D eigenvalue weighted by atomic mass is 10.0. The minimum atomic E-state index is -3.25. The van der Waals surface area contributed by atoms with Crippen LogP contribution in [-0.4, -0.2) is 32.9 Å². The Morgan fingerprint density at radius 1 is 1.37 bits per heavy atom. The second kappa shape index (κ2) is 5.16. The molecule has 3 rings (SSSR count). The van der Waals surface area contributed by atoms with E-state index in [1.54, 1.807) is 4.31 Å². The van der Waals surface area contributed by atoms with Crippen molar-refractivity contribution in [1.29, 1.82) is 0 Å². The first-order valence-electron chi connectivity index (χ1n) is 6.83. The van der Waals surface area contributed by atoms with Crippen LogP contribution in [0.25, 0.3) is 0 Å². The lowest BCUT2D eigenvalue weighted by Crippen LogP contribution is -2.29. The second-order valence-corrected chi connectivity index (χ2v) is 8.65. The van der Waals surface area contributed by atoms with Crippen molar-refractivity contribution in [2.24, 2.45) is 11.8 Å². The van der Waals surface area contributed by atoms with Gasteiger partial charge in [0.2, 0.25) is 0 Å². The number of rotatable bonds is 4. The van der Waals surface area contributed by atoms with Crippen molar-refractivity contribution in [3.05, 3.63) is 17.0 Å². The lowest BCUT2D eigenvalue weighted by Gasteiger charge is -2.15. The molecule has 0 amide bonds. The Bertz CT molecular complexity index is 541. The van der Waals surface area contributed by atoms with Crippen molar-refractivity contribution < 1.29 is 8.42 Å². The van der Waals surface area contributed by atoms with Crippen LogP contribution in [0.3, 0.4) is 0 Å². The van der Waals surface area contributed by atoms with E-state index in [4.69, 9.17) is 0 Å². The van der Waals surface area contributed by atoms with Crippen molar-refractivity contribution in [3.63, 3.8) is 0 Å². The van der Waals surface area contributed by atoms with Crippen LogP contribution in [0.2, 0.25) is 0 Å². The van der Waals surface area contributed by atoms with Gasteiger partial charge in [0.25, 0.3) is 10.0 Å². The quantitative estimate of drug-likeness (QED) is 0.924. The average molecular weight is 300 g/mol. The molecule has 2 heterocycles. The van der Waals surface area contributed by atoms with Gasteiger partial charge in [-0.05, 0) is 48.7 Å². The fraction of sp³-hybridized carbons (Fsp3) is 0.692. The van der Waals surface area contributed by atoms with E-state index in [-0.39, 0.29) is 0 Å². The molecule has 2 aliphatic rings. The Kier molecular flexibility index (Phi) is 3.68. The first-order chi connectivity index (χ1) is 9.11. The highest BCUT2D eigenvalue weighted by atomic mass is 32.2. The monoisotopic (exact) mass is 300 g/mol. The summed E-state index contributed by atoms with van der Waals surface area (Å²) >= 11 is 1.34. The molecule has 0 bridgehead atoms. The fourth-order valence-corrected chi connectivity index (χ4v) is 6.22. The zero-order valence-corrected chi connectivity index (χ0v) is 12.8. The molecule has 6 heteroatoms. The van der Waals surface area contributed by atoms with Crippen molar-refractivity contribution in [2.45, 2.75) is 30.0 Å². The molecule has 1 saturated heterocycles. The van der Waals surface area contributed by atoms with Crippen molar-refractivity contribution in [1.82, 2.24) is 9.62 Å². The molecule has 2 fully saturated rings. The van der Waals surface area contributed by atoms with Gasteiger partial charge in [-0.1, -0.05) is 6.42 Å². The molecule has 2 atom stereocenters. The van der Waals surface area contributed by atoms with E-state index in [0.29, 0.717) is 16.0 Å². The molecule has 1 aliphatic carbocycles. The molecule has 0 radical (unpaired) electrons. The summed E-state index contributed by atoms with van der Waals surface area (Å²) in [4.78, 5) is 0. The van der Waals surface area contributed by atoms with Gasteiger partial charge in [0.15, 0.2) is 0 Å². The van der Waals surface area contributed by atoms with Gasteiger partial charge in [0, 0.05) is 19.6 Å². The smallest absolute Gasteiger partial charge is 0.252 e.